The van der Waals surface area contributed by atoms with Crippen LogP contribution in [0.4, 0.5) is 5.69 Å². The highest BCUT2D eigenvalue weighted by molar-refractivity contribution is 6.35. The number of benzene rings is 1. The van der Waals surface area contributed by atoms with Crippen molar-refractivity contribution in [3.8, 4) is 0 Å². The molecular weight excluding hydrogens is 354 g/mol. The first-order valence-corrected chi connectivity index (χ1v) is 10.2. The van der Waals surface area contributed by atoms with Gasteiger partial charge in [-0.15, -0.1) is 0 Å². The van der Waals surface area contributed by atoms with E-state index < -0.39 is 11.8 Å². The molecule has 0 unspecified atom stereocenters. The number of carbonyl (C=O) groups is 2. The van der Waals surface area contributed by atoms with Crippen molar-refractivity contribution < 1.29 is 14.0 Å². The van der Waals surface area contributed by atoms with Crippen LogP contribution in [0.3, 0.4) is 0 Å². The van der Waals surface area contributed by atoms with Gasteiger partial charge in [0, 0.05) is 24.8 Å². The zero-order valence-electron chi connectivity index (χ0n) is 16.0. The van der Waals surface area contributed by atoms with Gasteiger partial charge in [0.15, 0.2) is 0 Å². The van der Waals surface area contributed by atoms with Crippen LogP contribution in [0, 0.1) is 0 Å². The second-order valence-electron chi connectivity index (χ2n) is 7.62. The second-order valence-corrected chi connectivity index (χ2v) is 7.62. The molecule has 2 aromatic rings. The second kappa shape index (κ2) is 8.50. The number of nitrogens with one attached hydrogen (secondary N) is 2. The Bertz CT molecular complexity index is 812. The zero-order valence-corrected chi connectivity index (χ0v) is 16.0. The predicted molar refractivity (Wildman–Crippen MR) is 107 cm³/mol. The minimum atomic E-state index is -0.574. The van der Waals surface area contributed by atoms with Gasteiger partial charge in [0.1, 0.15) is 11.8 Å². The van der Waals surface area contributed by atoms with E-state index >= 15 is 0 Å². The average Bonchev–Trinajstić information content (AvgIpc) is 3.40. The van der Waals surface area contributed by atoms with E-state index in [2.05, 4.69) is 27.7 Å². The molecule has 1 fully saturated rings. The number of hydrogen-bond acceptors (Lipinski definition) is 4. The van der Waals surface area contributed by atoms with Gasteiger partial charge in [0.25, 0.3) is 0 Å². The Morgan fingerprint density at radius 2 is 1.89 bits per heavy atom. The van der Waals surface area contributed by atoms with Gasteiger partial charge < -0.3 is 20.0 Å². The molecular formula is C22H27N3O3. The van der Waals surface area contributed by atoms with Crippen LogP contribution in [0.2, 0.25) is 0 Å². The smallest absolute Gasteiger partial charge is 0.309 e. The van der Waals surface area contributed by atoms with Crippen LogP contribution in [-0.4, -0.2) is 30.9 Å². The molecule has 1 saturated carbocycles. The maximum atomic E-state index is 12.4. The first-order chi connectivity index (χ1) is 13.7. The highest BCUT2D eigenvalue weighted by atomic mass is 16.3. The van der Waals surface area contributed by atoms with E-state index in [1.54, 1.807) is 6.26 Å². The molecule has 1 aromatic carbocycles. The van der Waals surface area contributed by atoms with Gasteiger partial charge in [-0.3, -0.25) is 9.59 Å². The Labute approximate surface area is 165 Å². The molecule has 1 atom stereocenters. The number of rotatable bonds is 5. The van der Waals surface area contributed by atoms with Crippen LogP contribution in [0.25, 0.3) is 0 Å². The van der Waals surface area contributed by atoms with E-state index in [0.717, 1.165) is 50.1 Å². The number of carbonyl (C=O) groups excluding carboxylic acids is 2. The summed E-state index contributed by atoms with van der Waals surface area (Å²) in [6.45, 7) is 1.17. The monoisotopic (exact) mass is 381 g/mol. The normalized spacial score (nSPS) is 17.8. The van der Waals surface area contributed by atoms with Crippen molar-refractivity contribution >= 4 is 17.5 Å². The number of para-hydroxylation sites is 1. The summed E-state index contributed by atoms with van der Waals surface area (Å²) in [4.78, 5) is 26.9. The fourth-order valence-corrected chi connectivity index (χ4v) is 4.30. The van der Waals surface area contributed by atoms with Crippen molar-refractivity contribution in [3.63, 3.8) is 0 Å². The van der Waals surface area contributed by atoms with Gasteiger partial charge in [0.2, 0.25) is 0 Å². The lowest BCUT2D eigenvalue weighted by molar-refractivity contribution is -0.139. The number of hydrogen-bond donors (Lipinski definition) is 2. The Kier molecular flexibility index (Phi) is 5.65. The van der Waals surface area contributed by atoms with Crippen molar-refractivity contribution in [2.24, 2.45) is 0 Å². The summed E-state index contributed by atoms with van der Waals surface area (Å²) in [5.74, 6) is -0.328. The Hall–Kier alpha value is -2.76. The first kappa shape index (κ1) is 18.6. The summed E-state index contributed by atoms with van der Waals surface area (Å²) in [6, 6.07) is 12.0. The number of anilines is 1. The third-order valence-electron chi connectivity index (χ3n) is 5.77. The summed E-state index contributed by atoms with van der Waals surface area (Å²) < 4.78 is 5.64. The van der Waals surface area contributed by atoms with Crippen LogP contribution in [0.5, 0.6) is 0 Å². The topological polar surface area (TPSA) is 74.6 Å². The molecule has 1 aliphatic heterocycles. The van der Waals surface area contributed by atoms with Gasteiger partial charge in [-0.25, -0.2) is 0 Å². The molecule has 0 bridgehead atoms. The molecule has 2 heterocycles. The highest BCUT2D eigenvalue weighted by Gasteiger charge is 2.30. The number of nitrogens with zero attached hydrogens (tertiary/aromatic N) is 1. The van der Waals surface area contributed by atoms with Crippen LogP contribution in [0.15, 0.2) is 47.1 Å². The molecule has 6 nitrogen and oxygen atoms in total. The number of fused-ring (bicyclic) bond motifs is 1. The highest BCUT2D eigenvalue weighted by Crippen LogP contribution is 2.34. The van der Waals surface area contributed by atoms with E-state index in [9.17, 15) is 9.59 Å². The number of furan rings is 1. The van der Waals surface area contributed by atoms with Gasteiger partial charge in [-0.05, 0) is 43.0 Å². The van der Waals surface area contributed by atoms with Gasteiger partial charge in [0.05, 0.1) is 6.26 Å². The minimum absolute atomic E-state index is 0.123. The van der Waals surface area contributed by atoms with Crippen molar-refractivity contribution in [2.45, 2.75) is 50.6 Å². The maximum Gasteiger partial charge on any atom is 0.309 e. The van der Waals surface area contributed by atoms with E-state index in [1.165, 1.54) is 12.0 Å². The van der Waals surface area contributed by atoms with E-state index in [1.807, 2.05) is 24.3 Å². The van der Waals surface area contributed by atoms with Crippen LogP contribution >= 0.6 is 0 Å². The summed E-state index contributed by atoms with van der Waals surface area (Å²) >= 11 is 0. The Morgan fingerprint density at radius 3 is 2.68 bits per heavy atom. The third kappa shape index (κ3) is 4.06. The molecule has 1 aliphatic carbocycles. The van der Waals surface area contributed by atoms with Crippen LogP contribution in [-0.2, 0) is 16.0 Å². The van der Waals surface area contributed by atoms with Crippen molar-refractivity contribution in [2.75, 3.05) is 18.0 Å². The fourth-order valence-electron chi connectivity index (χ4n) is 4.30. The van der Waals surface area contributed by atoms with E-state index in [-0.39, 0.29) is 12.1 Å². The van der Waals surface area contributed by atoms with E-state index in [0.29, 0.717) is 6.54 Å². The predicted octanol–water partition coefficient (Wildman–Crippen LogP) is 2.95. The summed E-state index contributed by atoms with van der Waals surface area (Å²) in [7, 11) is 0. The largest absolute Gasteiger partial charge is 0.467 e. The SMILES string of the molecule is O=C(NC[C@H](c1ccco1)N1CCc2ccccc21)C(=O)NC1CCCCC1. The zero-order chi connectivity index (χ0) is 19.3. The number of amides is 2. The van der Waals surface area contributed by atoms with Crippen LogP contribution < -0.4 is 15.5 Å². The average molecular weight is 381 g/mol. The molecule has 148 valence electrons. The molecule has 4 rings (SSSR count). The lowest BCUT2D eigenvalue weighted by Gasteiger charge is -2.29. The Balaban J connectivity index is 1.41. The lowest BCUT2D eigenvalue weighted by Crippen LogP contribution is -2.47. The molecule has 2 aliphatic rings. The molecule has 0 saturated heterocycles. The summed E-state index contributed by atoms with van der Waals surface area (Å²) in [5.41, 5.74) is 2.45. The molecule has 28 heavy (non-hydrogen) atoms. The quantitative estimate of drug-likeness (QED) is 0.781. The molecule has 1 aromatic heterocycles. The first-order valence-electron chi connectivity index (χ1n) is 10.2. The van der Waals surface area contributed by atoms with Gasteiger partial charge in [-0.2, -0.15) is 0 Å². The minimum Gasteiger partial charge on any atom is -0.467 e. The van der Waals surface area contributed by atoms with Crippen molar-refractivity contribution in [1.29, 1.82) is 0 Å². The molecule has 6 heteroatoms. The Morgan fingerprint density at radius 1 is 1.07 bits per heavy atom. The van der Waals surface area contributed by atoms with Crippen molar-refractivity contribution in [3.05, 3.63) is 54.0 Å². The summed E-state index contributed by atoms with van der Waals surface area (Å²) in [6.07, 6.45) is 7.95. The van der Waals surface area contributed by atoms with Crippen molar-refractivity contribution in [1.82, 2.24) is 10.6 Å². The molecule has 0 radical (unpaired) electrons. The van der Waals surface area contributed by atoms with Gasteiger partial charge in [-0.1, -0.05) is 37.5 Å². The van der Waals surface area contributed by atoms with Crippen LogP contribution in [0.1, 0.15) is 49.5 Å². The maximum absolute atomic E-state index is 12.4. The van der Waals surface area contributed by atoms with E-state index in [4.69, 9.17) is 4.42 Å². The molecule has 2 amide bonds. The summed E-state index contributed by atoms with van der Waals surface area (Å²) in [5, 5.41) is 5.69. The molecule has 2 N–H and O–H groups in total. The van der Waals surface area contributed by atoms with Gasteiger partial charge >= 0.3 is 11.8 Å². The molecule has 0 spiro atoms. The third-order valence-corrected chi connectivity index (χ3v) is 5.77. The fraction of sp³-hybridized carbons (Fsp3) is 0.455. The standard InChI is InChI=1S/C22H27N3O3/c26-21(22(27)24-17-8-2-1-3-9-17)23-15-19(20-11-6-14-28-20)25-13-12-16-7-4-5-10-18(16)25/h4-7,10-11,14,17,19H,1-3,8-9,12-13,15H2,(H,23,26)(H,24,27)/t19-/m1/s1. The lowest BCUT2D eigenvalue weighted by atomic mass is 9.95.